The minimum absolute atomic E-state index is 0.0407. The molecule has 24 heavy (non-hydrogen) atoms. The molecule has 1 aliphatic rings. The highest BCUT2D eigenvalue weighted by Gasteiger charge is 2.25. The molecule has 0 saturated carbocycles. The predicted octanol–water partition coefficient (Wildman–Crippen LogP) is 2.66. The molecule has 0 aromatic heterocycles. The van der Waals surface area contributed by atoms with Crippen LogP contribution in [0.1, 0.15) is 29.3 Å². The molecule has 1 heterocycles. The molecule has 0 unspecified atom stereocenters. The van der Waals surface area contributed by atoms with E-state index in [0.29, 0.717) is 17.8 Å². The Balaban J connectivity index is 1.93. The molecular weight excluding hydrogens is 324 g/mol. The van der Waals surface area contributed by atoms with Gasteiger partial charge in [-0.3, -0.25) is 4.79 Å². The molecular formula is C18H20N2O3S. The van der Waals surface area contributed by atoms with Gasteiger partial charge >= 0.3 is 0 Å². The van der Waals surface area contributed by atoms with Crippen LogP contribution in [0.15, 0.2) is 47.4 Å². The van der Waals surface area contributed by atoms with Crippen LogP contribution < -0.4 is 10.6 Å². The number of benzene rings is 2. The minimum atomic E-state index is -3.26. The number of anilines is 2. The van der Waals surface area contributed by atoms with E-state index in [0.717, 1.165) is 24.1 Å². The SMILES string of the molecule is CCS(=O)(=O)c1ccc(C(=O)N2CCCc3c(N)cccc32)cc1. The topological polar surface area (TPSA) is 80.5 Å². The van der Waals surface area contributed by atoms with Gasteiger partial charge in [0.15, 0.2) is 9.84 Å². The molecule has 0 saturated heterocycles. The van der Waals surface area contributed by atoms with Crippen molar-refractivity contribution in [3.63, 3.8) is 0 Å². The van der Waals surface area contributed by atoms with Crippen molar-refractivity contribution in [2.45, 2.75) is 24.7 Å². The Morgan fingerprint density at radius 2 is 1.88 bits per heavy atom. The molecule has 0 atom stereocenters. The van der Waals surface area contributed by atoms with Gasteiger partial charge in [-0.2, -0.15) is 0 Å². The first kappa shape index (κ1) is 16.5. The van der Waals surface area contributed by atoms with E-state index < -0.39 is 9.84 Å². The summed E-state index contributed by atoms with van der Waals surface area (Å²) in [4.78, 5) is 14.8. The highest BCUT2D eigenvalue weighted by atomic mass is 32.2. The lowest BCUT2D eigenvalue weighted by molar-refractivity contribution is 0.0985. The number of hydrogen-bond acceptors (Lipinski definition) is 4. The zero-order chi connectivity index (χ0) is 17.3. The van der Waals surface area contributed by atoms with Gasteiger partial charge in [0.05, 0.1) is 10.6 Å². The first-order chi connectivity index (χ1) is 11.4. The fourth-order valence-corrected chi connectivity index (χ4v) is 3.87. The zero-order valence-electron chi connectivity index (χ0n) is 13.5. The number of rotatable bonds is 3. The van der Waals surface area contributed by atoms with Crippen LogP contribution in [-0.2, 0) is 16.3 Å². The molecule has 1 aliphatic heterocycles. The lowest BCUT2D eigenvalue weighted by Crippen LogP contribution is -2.35. The van der Waals surface area contributed by atoms with E-state index in [1.807, 2.05) is 18.2 Å². The average Bonchev–Trinajstić information content (AvgIpc) is 2.61. The maximum absolute atomic E-state index is 12.8. The Labute approximate surface area is 142 Å². The Morgan fingerprint density at radius 3 is 2.54 bits per heavy atom. The molecule has 1 amide bonds. The molecule has 2 aromatic rings. The third-order valence-corrected chi connectivity index (χ3v) is 6.12. The summed E-state index contributed by atoms with van der Waals surface area (Å²) in [6, 6.07) is 11.7. The minimum Gasteiger partial charge on any atom is -0.398 e. The smallest absolute Gasteiger partial charge is 0.258 e. The van der Waals surface area contributed by atoms with Crippen LogP contribution in [0.3, 0.4) is 0 Å². The van der Waals surface area contributed by atoms with Gasteiger partial charge in [0.2, 0.25) is 0 Å². The highest BCUT2D eigenvalue weighted by Crippen LogP contribution is 2.32. The summed E-state index contributed by atoms with van der Waals surface area (Å²) in [7, 11) is -3.26. The van der Waals surface area contributed by atoms with Crippen LogP contribution in [0.5, 0.6) is 0 Å². The molecule has 0 radical (unpaired) electrons. The Hall–Kier alpha value is -2.34. The number of amides is 1. The maximum atomic E-state index is 12.8. The van der Waals surface area contributed by atoms with Gasteiger partial charge in [0.25, 0.3) is 5.91 Å². The number of nitrogens with zero attached hydrogens (tertiary/aromatic N) is 1. The van der Waals surface area contributed by atoms with Crippen molar-refractivity contribution < 1.29 is 13.2 Å². The van der Waals surface area contributed by atoms with Crippen molar-refractivity contribution >= 4 is 27.1 Å². The third-order valence-electron chi connectivity index (χ3n) is 4.37. The van der Waals surface area contributed by atoms with E-state index in [4.69, 9.17) is 5.73 Å². The van der Waals surface area contributed by atoms with Crippen molar-refractivity contribution in [1.29, 1.82) is 0 Å². The van der Waals surface area contributed by atoms with Crippen LogP contribution in [0, 0.1) is 0 Å². The number of sulfone groups is 1. The second kappa shape index (κ2) is 6.28. The number of fused-ring (bicyclic) bond motifs is 1. The second-order valence-corrected chi connectivity index (χ2v) is 8.11. The number of hydrogen-bond donors (Lipinski definition) is 1. The van der Waals surface area contributed by atoms with Gasteiger partial charge in [0.1, 0.15) is 0 Å². The summed E-state index contributed by atoms with van der Waals surface area (Å²) in [5.41, 5.74) is 9.04. The molecule has 0 aliphatic carbocycles. The van der Waals surface area contributed by atoms with E-state index in [1.165, 1.54) is 12.1 Å². The molecule has 0 fully saturated rings. The van der Waals surface area contributed by atoms with Gasteiger partial charge in [-0.05, 0) is 54.8 Å². The lowest BCUT2D eigenvalue weighted by Gasteiger charge is -2.30. The van der Waals surface area contributed by atoms with Crippen LogP contribution >= 0.6 is 0 Å². The molecule has 126 valence electrons. The standard InChI is InChI=1S/C18H20N2O3S/c1-2-24(22,23)14-10-8-13(9-11-14)18(21)20-12-4-5-15-16(19)6-3-7-17(15)20/h3,6-11H,2,4-5,12,19H2,1H3. The van der Waals surface area contributed by atoms with E-state index in [2.05, 4.69) is 0 Å². The molecule has 0 spiro atoms. The van der Waals surface area contributed by atoms with Crippen LogP contribution in [-0.4, -0.2) is 26.6 Å². The molecule has 6 heteroatoms. The van der Waals surface area contributed by atoms with Crippen LogP contribution in [0.2, 0.25) is 0 Å². The van der Waals surface area contributed by atoms with E-state index in [1.54, 1.807) is 24.0 Å². The lowest BCUT2D eigenvalue weighted by atomic mass is 9.99. The summed E-state index contributed by atoms with van der Waals surface area (Å²) >= 11 is 0. The third kappa shape index (κ3) is 2.89. The zero-order valence-corrected chi connectivity index (χ0v) is 14.3. The quantitative estimate of drug-likeness (QED) is 0.868. The largest absolute Gasteiger partial charge is 0.398 e. The number of carbonyl (C=O) groups excluding carboxylic acids is 1. The highest BCUT2D eigenvalue weighted by molar-refractivity contribution is 7.91. The van der Waals surface area contributed by atoms with Crippen molar-refractivity contribution in [3.05, 3.63) is 53.6 Å². The molecule has 2 aromatic carbocycles. The Bertz CT molecular complexity index is 874. The monoisotopic (exact) mass is 344 g/mol. The van der Waals surface area contributed by atoms with Crippen molar-refractivity contribution in [1.82, 2.24) is 0 Å². The Kier molecular flexibility index (Phi) is 4.32. The summed E-state index contributed by atoms with van der Waals surface area (Å²) in [6.45, 7) is 2.23. The van der Waals surface area contributed by atoms with E-state index in [9.17, 15) is 13.2 Å². The Morgan fingerprint density at radius 1 is 1.17 bits per heavy atom. The maximum Gasteiger partial charge on any atom is 0.258 e. The predicted molar refractivity (Wildman–Crippen MR) is 95.0 cm³/mol. The molecule has 2 N–H and O–H groups in total. The van der Waals surface area contributed by atoms with Crippen molar-refractivity contribution in [3.8, 4) is 0 Å². The normalized spacial score (nSPS) is 14.3. The van der Waals surface area contributed by atoms with Crippen molar-refractivity contribution in [2.24, 2.45) is 0 Å². The van der Waals surface area contributed by atoms with E-state index >= 15 is 0 Å². The van der Waals surface area contributed by atoms with Gasteiger partial charge in [-0.15, -0.1) is 0 Å². The molecule has 0 bridgehead atoms. The van der Waals surface area contributed by atoms with Crippen molar-refractivity contribution in [2.75, 3.05) is 22.9 Å². The fraction of sp³-hybridized carbons (Fsp3) is 0.278. The second-order valence-electron chi connectivity index (χ2n) is 5.83. The van der Waals surface area contributed by atoms with Gasteiger partial charge in [-0.1, -0.05) is 13.0 Å². The van der Waals surface area contributed by atoms with Gasteiger partial charge < -0.3 is 10.6 Å². The summed E-state index contributed by atoms with van der Waals surface area (Å²) in [5.74, 6) is -0.0963. The summed E-state index contributed by atoms with van der Waals surface area (Å²) < 4.78 is 23.8. The first-order valence-electron chi connectivity index (χ1n) is 7.96. The molecule has 3 rings (SSSR count). The van der Waals surface area contributed by atoms with Gasteiger partial charge in [-0.25, -0.2) is 8.42 Å². The fourth-order valence-electron chi connectivity index (χ4n) is 2.99. The number of nitrogens with two attached hydrogens (primary N) is 1. The number of carbonyl (C=O) groups is 1. The average molecular weight is 344 g/mol. The van der Waals surface area contributed by atoms with Crippen LogP contribution in [0.4, 0.5) is 11.4 Å². The summed E-state index contributed by atoms with van der Waals surface area (Å²) in [6.07, 6.45) is 1.72. The number of nitrogen functional groups attached to an aromatic ring is 1. The summed E-state index contributed by atoms with van der Waals surface area (Å²) in [5, 5.41) is 0. The van der Waals surface area contributed by atoms with E-state index in [-0.39, 0.29) is 16.6 Å². The van der Waals surface area contributed by atoms with Crippen LogP contribution in [0.25, 0.3) is 0 Å². The van der Waals surface area contributed by atoms with Gasteiger partial charge in [0, 0.05) is 23.5 Å². The first-order valence-corrected chi connectivity index (χ1v) is 9.61. The molecule has 5 nitrogen and oxygen atoms in total.